The van der Waals surface area contributed by atoms with Gasteiger partial charge in [-0.15, -0.1) is 0 Å². The van der Waals surface area contributed by atoms with Crippen molar-refractivity contribution in [1.82, 2.24) is 0 Å². The average Bonchev–Trinajstić information content (AvgIpc) is 2.57. The quantitative estimate of drug-likeness (QED) is 0.580. The molecule has 1 heterocycles. The zero-order valence-corrected chi connectivity index (χ0v) is 18.0. The third-order valence-corrected chi connectivity index (χ3v) is 6.01. The highest BCUT2D eigenvalue weighted by atomic mass is 16.5. The van der Waals surface area contributed by atoms with Crippen LogP contribution in [0.5, 0.6) is 17.2 Å². The van der Waals surface area contributed by atoms with E-state index >= 15 is 0 Å². The molecule has 1 aliphatic carbocycles. The van der Waals surface area contributed by atoms with E-state index in [2.05, 4.69) is 0 Å². The number of allylic oxidation sites excluding steroid dienone is 2. The van der Waals surface area contributed by atoms with Gasteiger partial charge in [0.1, 0.15) is 28.6 Å². The molecule has 2 N–H and O–H groups in total. The summed E-state index contributed by atoms with van der Waals surface area (Å²) in [4.78, 5) is 38.5. The van der Waals surface area contributed by atoms with E-state index in [9.17, 15) is 24.6 Å². The van der Waals surface area contributed by atoms with Crippen molar-refractivity contribution in [2.75, 3.05) is 0 Å². The van der Waals surface area contributed by atoms with E-state index in [0.29, 0.717) is 17.6 Å². The summed E-state index contributed by atoms with van der Waals surface area (Å²) >= 11 is 0. The Bertz CT molecular complexity index is 978. The molecule has 2 aliphatic rings. The highest BCUT2D eigenvalue weighted by molar-refractivity contribution is 6.20. The number of Topliss-reactive ketones (excluding diaryl/α,β-unsaturated/α-hetero) is 3. The molecule has 6 heteroatoms. The van der Waals surface area contributed by atoms with E-state index in [0.717, 1.165) is 0 Å². The van der Waals surface area contributed by atoms with Gasteiger partial charge >= 0.3 is 0 Å². The minimum atomic E-state index is -1.23. The van der Waals surface area contributed by atoms with Gasteiger partial charge in [0.25, 0.3) is 0 Å². The molecule has 0 radical (unpaired) electrons. The Kier molecular flexibility index (Phi) is 4.68. The minimum absolute atomic E-state index is 0.158. The lowest BCUT2D eigenvalue weighted by atomic mass is 9.59. The predicted octanol–water partition coefficient (Wildman–Crippen LogP) is 4.28. The van der Waals surface area contributed by atoms with Crippen molar-refractivity contribution in [3.63, 3.8) is 0 Å². The number of ether oxygens (including phenoxy) is 1. The molecule has 1 aliphatic heterocycles. The summed E-state index contributed by atoms with van der Waals surface area (Å²) in [5.41, 5.74) is -1.78. The summed E-state index contributed by atoms with van der Waals surface area (Å²) in [6.07, 6.45) is 0.511. The molecule has 0 bridgehead atoms. The van der Waals surface area contributed by atoms with E-state index < -0.39 is 28.3 Å². The minimum Gasteiger partial charge on any atom is -0.507 e. The van der Waals surface area contributed by atoms with Gasteiger partial charge in [-0.2, -0.15) is 0 Å². The standard InChI is InChI=1S/C23H28O6/c1-10(2)8-12-16-14(9-13(25)15(11(3)24)18(16)26)29-20-17(12)19(27)22(4,5)21(28)23(20,6)7/h9-10,12,25-26H,8H2,1-7H3. The molecule has 0 amide bonds. The number of hydrogen-bond donors (Lipinski definition) is 2. The van der Waals surface area contributed by atoms with Gasteiger partial charge in [-0.3, -0.25) is 14.4 Å². The number of carbonyl (C=O) groups excluding carboxylic acids is 3. The monoisotopic (exact) mass is 400 g/mol. The first-order chi connectivity index (χ1) is 13.2. The largest absolute Gasteiger partial charge is 0.507 e. The number of rotatable bonds is 3. The number of fused-ring (bicyclic) bond motifs is 1. The van der Waals surface area contributed by atoms with Crippen LogP contribution in [0.3, 0.4) is 0 Å². The molecular weight excluding hydrogens is 372 g/mol. The number of phenols is 2. The van der Waals surface area contributed by atoms with Crippen LogP contribution in [-0.2, 0) is 9.59 Å². The van der Waals surface area contributed by atoms with Gasteiger partial charge in [0.2, 0.25) is 0 Å². The maximum absolute atomic E-state index is 13.4. The summed E-state index contributed by atoms with van der Waals surface area (Å²) in [6, 6.07) is 1.29. The molecule has 1 aromatic carbocycles. The summed E-state index contributed by atoms with van der Waals surface area (Å²) in [7, 11) is 0. The summed E-state index contributed by atoms with van der Waals surface area (Å²) in [5.74, 6) is -1.78. The highest BCUT2D eigenvalue weighted by Gasteiger charge is 2.57. The van der Waals surface area contributed by atoms with E-state index in [1.165, 1.54) is 13.0 Å². The molecule has 29 heavy (non-hydrogen) atoms. The molecule has 0 spiro atoms. The van der Waals surface area contributed by atoms with Crippen LogP contribution >= 0.6 is 0 Å². The lowest BCUT2D eigenvalue weighted by Gasteiger charge is -2.45. The lowest BCUT2D eigenvalue weighted by Crippen LogP contribution is -2.51. The van der Waals surface area contributed by atoms with Gasteiger partial charge in [0.15, 0.2) is 17.3 Å². The van der Waals surface area contributed by atoms with Crippen LogP contribution in [0.1, 0.15) is 76.7 Å². The Labute approximate surface area is 170 Å². The van der Waals surface area contributed by atoms with Crippen molar-refractivity contribution in [3.8, 4) is 17.2 Å². The van der Waals surface area contributed by atoms with Crippen molar-refractivity contribution in [2.45, 2.75) is 60.8 Å². The fourth-order valence-corrected chi connectivity index (χ4v) is 4.64. The molecule has 1 atom stereocenters. The van der Waals surface area contributed by atoms with Crippen molar-refractivity contribution < 1.29 is 29.3 Å². The molecule has 0 saturated heterocycles. The Balaban J connectivity index is 2.38. The zero-order chi connectivity index (χ0) is 22.0. The molecule has 1 unspecified atom stereocenters. The molecule has 156 valence electrons. The van der Waals surface area contributed by atoms with Gasteiger partial charge in [-0.1, -0.05) is 13.8 Å². The fourth-order valence-electron chi connectivity index (χ4n) is 4.64. The lowest BCUT2D eigenvalue weighted by molar-refractivity contribution is -0.144. The average molecular weight is 400 g/mol. The van der Waals surface area contributed by atoms with Crippen molar-refractivity contribution in [1.29, 1.82) is 0 Å². The van der Waals surface area contributed by atoms with Crippen LogP contribution in [0.4, 0.5) is 0 Å². The van der Waals surface area contributed by atoms with Crippen LogP contribution in [0.15, 0.2) is 17.4 Å². The first kappa shape index (κ1) is 21.1. The molecule has 3 rings (SSSR count). The van der Waals surface area contributed by atoms with Crippen molar-refractivity contribution >= 4 is 17.3 Å². The SMILES string of the molecule is CC(=O)c1c(O)cc2c(c1O)C(CC(C)C)C1=C(O2)C(C)(C)C(=O)C(C)(C)C1=O. The number of benzene rings is 1. The number of aromatic hydroxyl groups is 2. The summed E-state index contributed by atoms with van der Waals surface area (Å²) < 4.78 is 6.00. The molecule has 0 fully saturated rings. The van der Waals surface area contributed by atoms with Gasteiger partial charge < -0.3 is 14.9 Å². The van der Waals surface area contributed by atoms with Crippen molar-refractivity contribution in [3.05, 3.63) is 28.5 Å². The van der Waals surface area contributed by atoms with Crippen LogP contribution in [0, 0.1) is 16.7 Å². The Morgan fingerprint density at radius 3 is 2.24 bits per heavy atom. The fraction of sp³-hybridized carbons (Fsp3) is 0.522. The van der Waals surface area contributed by atoms with Crippen LogP contribution in [0.2, 0.25) is 0 Å². The smallest absolute Gasteiger partial charge is 0.175 e. The molecule has 1 aromatic rings. The Hall–Kier alpha value is -2.63. The number of ketones is 3. The summed E-state index contributed by atoms with van der Waals surface area (Å²) in [6.45, 7) is 11.9. The highest BCUT2D eigenvalue weighted by Crippen LogP contribution is 2.57. The predicted molar refractivity (Wildman–Crippen MR) is 107 cm³/mol. The van der Waals surface area contributed by atoms with E-state index in [1.54, 1.807) is 27.7 Å². The number of phenolic OH excluding ortho intramolecular Hbond substituents is 2. The van der Waals surface area contributed by atoms with Gasteiger partial charge in [0, 0.05) is 23.1 Å². The molecule has 6 nitrogen and oxygen atoms in total. The van der Waals surface area contributed by atoms with Crippen molar-refractivity contribution in [2.24, 2.45) is 16.7 Å². The zero-order valence-electron chi connectivity index (χ0n) is 18.0. The third-order valence-electron chi connectivity index (χ3n) is 6.01. The van der Waals surface area contributed by atoms with E-state index in [4.69, 9.17) is 4.74 Å². The second-order valence-corrected chi connectivity index (χ2v) is 9.52. The van der Waals surface area contributed by atoms with Gasteiger partial charge in [-0.05, 0) is 47.0 Å². The second-order valence-electron chi connectivity index (χ2n) is 9.52. The maximum Gasteiger partial charge on any atom is 0.175 e. The first-order valence-electron chi connectivity index (χ1n) is 9.84. The van der Waals surface area contributed by atoms with Crippen LogP contribution in [-0.4, -0.2) is 27.6 Å². The number of hydrogen-bond acceptors (Lipinski definition) is 6. The Morgan fingerprint density at radius 2 is 1.72 bits per heavy atom. The van der Waals surface area contributed by atoms with Gasteiger partial charge in [0.05, 0.1) is 10.8 Å². The van der Waals surface area contributed by atoms with Crippen LogP contribution < -0.4 is 4.74 Å². The Morgan fingerprint density at radius 1 is 1.14 bits per heavy atom. The topological polar surface area (TPSA) is 101 Å². The number of carbonyl (C=O) groups is 3. The second kappa shape index (κ2) is 6.44. The normalized spacial score (nSPS) is 22.3. The van der Waals surface area contributed by atoms with Crippen LogP contribution in [0.25, 0.3) is 0 Å². The molecule has 0 aromatic heterocycles. The van der Waals surface area contributed by atoms with E-state index in [-0.39, 0.29) is 40.3 Å². The third kappa shape index (κ3) is 2.88. The first-order valence-corrected chi connectivity index (χ1v) is 9.84. The summed E-state index contributed by atoms with van der Waals surface area (Å²) in [5, 5.41) is 21.2. The molecule has 0 saturated carbocycles. The molecular formula is C23H28O6. The van der Waals surface area contributed by atoms with Gasteiger partial charge in [-0.25, -0.2) is 0 Å². The maximum atomic E-state index is 13.4. The van der Waals surface area contributed by atoms with E-state index in [1.807, 2.05) is 13.8 Å².